The van der Waals surface area contributed by atoms with Gasteiger partial charge in [0.05, 0.1) is 7.05 Å². The number of benzene rings is 2. The van der Waals surface area contributed by atoms with Crippen molar-refractivity contribution < 1.29 is 4.74 Å². The molecule has 0 unspecified atom stereocenters. The molecule has 0 spiro atoms. The topological polar surface area (TPSA) is 65.7 Å². The highest BCUT2D eigenvalue weighted by Gasteiger charge is 2.52. The number of tetrazole rings is 1. The summed E-state index contributed by atoms with van der Waals surface area (Å²) in [6, 6.07) is 17.6. The molecule has 2 aromatic heterocycles. The number of aryl methyl sites for hydroxylation is 1. The van der Waals surface area contributed by atoms with Gasteiger partial charge in [0.15, 0.2) is 0 Å². The highest BCUT2D eigenvalue weighted by Crippen LogP contribution is 2.60. The number of hydrogen-bond donors (Lipinski definition) is 0. The fourth-order valence-corrected chi connectivity index (χ4v) is 6.37. The maximum Gasteiger partial charge on any atom is 0.204 e. The molecule has 6 rings (SSSR count). The van der Waals surface area contributed by atoms with Crippen molar-refractivity contribution in [3.05, 3.63) is 76.2 Å². The molecule has 2 saturated carbocycles. The molecule has 2 aliphatic rings. The van der Waals surface area contributed by atoms with Crippen LogP contribution in [0.25, 0.3) is 11.4 Å². The van der Waals surface area contributed by atoms with Crippen molar-refractivity contribution in [2.24, 2.45) is 18.9 Å². The quantitative estimate of drug-likeness (QED) is 0.419. The SMILES string of the molecule is Cn1nnc(-c2ccc([C@@]3(c4ccc(OCc5nccs5)cc4)C[C@@H]4CC[C@H]3C4)cc2)n1. The van der Waals surface area contributed by atoms with Crippen LogP contribution in [0.5, 0.6) is 5.75 Å². The van der Waals surface area contributed by atoms with E-state index in [9.17, 15) is 0 Å². The van der Waals surface area contributed by atoms with Crippen LogP contribution in [0.3, 0.4) is 0 Å². The van der Waals surface area contributed by atoms with Crippen LogP contribution in [-0.4, -0.2) is 25.2 Å². The van der Waals surface area contributed by atoms with Gasteiger partial charge in [-0.2, -0.15) is 4.80 Å². The maximum atomic E-state index is 5.96. The summed E-state index contributed by atoms with van der Waals surface area (Å²) in [6.07, 6.45) is 7.04. The van der Waals surface area contributed by atoms with Gasteiger partial charge in [-0.25, -0.2) is 4.98 Å². The van der Waals surface area contributed by atoms with Gasteiger partial charge in [0.25, 0.3) is 0 Å². The van der Waals surface area contributed by atoms with E-state index in [1.807, 2.05) is 11.6 Å². The van der Waals surface area contributed by atoms with Gasteiger partial charge >= 0.3 is 0 Å². The van der Waals surface area contributed by atoms with Gasteiger partial charge in [0.2, 0.25) is 5.82 Å². The molecular formula is C25H25N5OS. The van der Waals surface area contributed by atoms with Gasteiger partial charge in [-0.1, -0.05) is 42.8 Å². The van der Waals surface area contributed by atoms with Crippen molar-refractivity contribution >= 4 is 11.3 Å². The molecule has 2 fully saturated rings. The summed E-state index contributed by atoms with van der Waals surface area (Å²) in [6.45, 7) is 0.519. The first-order valence-electron chi connectivity index (χ1n) is 11.2. The van der Waals surface area contributed by atoms with Crippen LogP contribution in [0.1, 0.15) is 41.8 Å². The minimum Gasteiger partial charge on any atom is -0.486 e. The van der Waals surface area contributed by atoms with E-state index in [0.29, 0.717) is 18.3 Å². The summed E-state index contributed by atoms with van der Waals surface area (Å²) in [5.74, 6) is 3.08. The zero-order valence-electron chi connectivity index (χ0n) is 18.0. The Kier molecular flexibility index (Phi) is 4.79. The predicted octanol–water partition coefficient (Wildman–Crippen LogP) is 5.02. The summed E-state index contributed by atoms with van der Waals surface area (Å²) < 4.78 is 5.96. The van der Waals surface area contributed by atoms with Crippen LogP contribution in [0.15, 0.2) is 60.1 Å². The molecule has 0 saturated heterocycles. The number of rotatable bonds is 6. The van der Waals surface area contributed by atoms with Crippen molar-refractivity contribution in [3.8, 4) is 17.1 Å². The lowest BCUT2D eigenvalue weighted by Crippen LogP contribution is -2.34. The molecule has 6 nitrogen and oxygen atoms in total. The largest absolute Gasteiger partial charge is 0.486 e. The molecule has 0 N–H and O–H groups in total. The zero-order chi connectivity index (χ0) is 21.5. The van der Waals surface area contributed by atoms with Crippen LogP contribution < -0.4 is 4.74 Å². The molecule has 162 valence electrons. The van der Waals surface area contributed by atoms with Crippen molar-refractivity contribution in [2.45, 2.75) is 37.7 Å². The average Bonchev–Trinajstić information content (AvgIpc) is 3.63. The molecule has 0 amide bonds. The van der Waals surface area contributed by atoms with Crippen LogP contribution >= 0.6 is 11.3 Å². The maximum absolute atomic E-state index is 5.96. The molecular weight excluding hydrogens is 418 g/mol. The fraction of sp³-hybridized carbons (Fsp3) is 0.360. The van der Waals surface area contributed by atoms with Gasteiger partial charge in [-0.05, 0) is 59.6 Å². The number of nitrogens with zero attached hydrogens (tertiary/aromatic N) is 5. The first kappa shape index (κ1) is 19.6. The lowest BCUT2D eigenvalue weighted by Gasteiger charge is -2.39. The fourth-order valence-electron chi connectivity index (χ4n) is 5.84. The summed E-state index contributed by atoms with van der Waals surface area (Å²) in [5.41, 5.74) is 3.88. The molecule has 2 bridgehead atoms. The Hall–Kier alpha value is -3.06. The van der Waals surface area contributed by atoms with Gasteiger partial charge in [-0.15, -0.1) is 21.5 Å². The second kappa shape index (κ2) is 7.81. The van der Waals surface area contributed by atoms with Crippen LogP contribution in [0.2, 0.25) is 0 Å². The Morgan fingerprint density at radius 1 is 1.06 bits per heavy atom. The Morgan fingerprint density at radius 3 is 2.44 bits per heavy atom. The Labute approximate surface area is 191 Å². The van der Waals surface area contributed by atoms with Crippen molar-refractivity contribution in [3.63, 3.8) is 0 Å². The summed E-state index contributed by atoms with van der Waals surface area (Å²) in [7, 11) is 1.79. The minimum absolute atomic E-state index is 0.0745. The highest BCUT2D eigenvalue weighted by molar-refractivity contribution is 7.09. The van der Waals surface area contributed by atoms with E-state index in [4.69, 9.17) is 4.74 Å². The molecule has 32 heavy (non-hydrogen) atoms. The first-order chi connectivity index (χ1) is 15.7. The van der Waals surface area contributed by atoms with Crippen LogP contribution in [-0.2, 0) is 19.1 Å². The van der Waals surface area contributed by atoms with Crippen LogP contribution in [0, 0.1) is 11.8 Å². The number of aromatic nitrogens is 5. The van der Waals surface area contributed by atoms with Gasteiger partial charge in [0.1, 0.15) is 17.4 Å². The molecule has 2 heterocycles. The third kappa shape index (κ3) is 3.32. The van der Waals surface area contributed by atoms with Gasteiger partial charge in [0, 0.05) is 22.6 Å². The van der Waals surface area contributed by atoms with E-state index in [2.05, 4.69) is 68.9 Å². The molecule has 2 aromatic carbocycles. The third-order valence-electron chi connectivity index (χ3n) is 7.23. The lowest BCUT2D eigenvalue weighted by molar-refractivity contribution is 0.303. The van der Waals surface area contributed by atoms with Crippen molar-refractivity contribution in [2.75, 3.05) is 0 Å². The smallest absolute Gasteiger partial charge is 0.204 e. The standard InChI is InChI=1S/C25H25N5OS/c1-30-28-24(27-29-30)18-3-6-19(7-4-18)25(15-17-2-5-21(25)14-17)20-8-10-22(11-9-20)31-16-23-26-12-13-32-23/h3-4,6-13,17,21H,2,5,14-16H2,1H3/t17-,21+,25-/m1/s1. The van der Waals surface area contributed by atoms with E-state index in [0.717, 1.165) is 22.2 Å². The first-order valence-corrected chi connectivity index (χ1v) is 12.1. The summed E-state index contributed by atoms with van der Waals surface area (Å²) in [5, 5.41) is 15.4. The van der Waals surface area contributed by atoms with E-state index in [1.165, 1.54) is 41.6 Å². The third-order valence-corrected chi connectivity index (χ3v) is 7.98. The number of ether oxygens (including phenoxy) is 1. The van der Waals surface area contributed by atoms with E-state index >= 15 is 0 Å². The number of thiazole rings is 1. The van der Waals surface area contributed by atoms with Crippen molar-refractivity contribution in [1.82, 2.24) is 25.2 Å². The predicted molar refractivity (Wildman–Crippen MR) is 123 cm³/mol. The average molecular weight is 444 g/mol. The van der Waals surface area contributed by atoms with Gasteiger partial charge < -0.3 is 4.74 Å². The Balaban J connectivity index is 1.30. The second-order valence-electron chi connectivity index (χ2n) is 8.97. The molecule has 7 heteroatoms. The monoisotopic (exact) mass is 443 g/mol. The van der Waals surface area contributed by atoms with E-state index in [1.54, 1.807) is 18.4 Å². The summed E-state index contributed by atoms with van der Waals surface area (Å²) in [4.78, 5) is 5.80. The lowest BCUT2D eigenvalue weighted by atomic mass is 9.64. The zero-order valence-corrected chi connectivity index (χ0v) is 18.8. The molecule has 4 aromatic rings. The number of fused-ring (bicyclic) bond motifs is 2. The van der Waals surface area contributed by atoms with Crippen LogP contribution in [0.4, 0.5) is 0 Å². The van der Waals surface area contributed by atoms with Crippen molar-refractivity contribution in [1.29, 1.82) is 0 Å². The number of hydrogen-bond acceptors (Lipinski definition) is 6. The molecule has 0 aliphatic heterocycles. The Morgan fingerprint density at radius 2 is 1.84 bits per heavy atom. The van der Waals surface area contributed by atoms with E-state index < -0.39 is 0 Å². The second-order valence-corrected chi connectivity index (χ2v) is 9.95. The highest BCUT2D eigenvalue weighted by atomic mass is 32.1. The van der Waals surface area contributed by atoms with E-state index in [-0.39, 0.29) is 5.41 Å². The Bertz CT molecular complexity index is 1200. The summed E-state index contributed by atoms with van der Waals surface area (Å²) >= 11 is 1.62. The van der Waals surface area contributed by atoms with Gasteiger partial charge in [-0.3, -0.25) is 0 Å². The molecule has 2 aliphatic carbocycles. The minimum atomic E-state index is 0.0745. The molecule has 3 atom stereocenters. The molecule has 0 radical (unpaired) electrons. The normalized spacial score (nSPS) is 24.2.